The summed E-state index contributed by atoms with van der Waals surface area (Å²) >= 11 is 0. The fourth-order valence-corrected chi connectivity index (χ4v) is 2.36. The summed E-state index contributed by atoms with van der Waals surface area (Å²) in [5.41, 5.74) is 1.76. The highest BCUT2D eigenvalue weighted by molar-refractivity contribution is 5.94. The van der Waals surface area contributed by atoms with Gasteiger partial charge in [-0.3, -0.25) is 9.89 Å². The van der Waals surface area contributed by atoms with Crippen molar-refractivity contribution in [2.75, 3.05) is 7.11 Å². The van der Waals surface area contributed by atoms with E-state index in [9.17, 15) is 9.59 Å². The van der Waals surface area contributed by atoms with Crippen molar-refractivity contribution in [3.8, 4) is 5.69 Å². The standard InChI is InChI=1S/C18H16N4O3/c1-12-16(17(23)22(21-12)13-8-4-3-5-9-13)20-19-15-11-7-6-10-14(15)18(24)25-2/h3-11,21H,1-2H3. The molecule has 126 valence electrons. The highest BCUT2D eigenvalue weighted by atomic mass is 16.5. The summed E-state index contributed by atoms with van der Waals surface area (Å²) in [5.74, 6) is -0.512. The lowest BCUT2D eigenvalue weighted by molar-refractivity contribution is 0.0601. The maximum absolute atomic E-state index is 12.6. The van der Waals surface area contributed by atoms with Gasteiger partial charge in [0.25, 0.3) is 5.56 Å². The number of carbonyl (C=O) groups excluding carboxylic acids is 1. The molecular weight excluding hydrogens is 320 g/mol. The first kappa shape index (κ1) is 16.4. The number of ether oxygens (including phenoxy) is 1. The van der Waals surface area contributed by atoms with E-state index in [1.165, 1.54) is 11.8 Å². The van der Waals surface area contributed by atoms with Crippen LogP contribution < -0.4 is 5.56 Å². The van der Waals surface area contributed by atoms with Crippen LogP contribution in [0.1, 0.15) is 16.1 Å². The van der Waals surface area contributed by atoms with Crippen molar-refractivity contribution >= 4 is 17.3 Å². The number of esters is 1. The predicted molar refractivity (Wildman–Crippen MR) is 93.1 cm³/mol. The largest absolute Gasteiger partial charge is 0.465 e. The van der Waals surface area contributed by atoms with Crippen LogP contribution in [-0.2, 0) is 4.74 Å². The van der Waals surface area contributed by atoms with Gasteiger partial charge in [-0.1, -0.05) is 30.3 Å². The predicted octanol–water partition coefficient (Wildman–Crippen LogP) is 3.68. The van der Waals surface area contributed by atoms with Crippen molar-refractivity contribution in [3.63, 3.8) is 0 Å². The summed E-state index contributed by atoms with van der Waals surface area (Å²) in [6.07, 6.45) is 0. The van der Waals surface area contributed by atoms with Crippen molar-refractivity contribution in [1.82, 2.24) is 9.78 Å². The number of hydrogen-bond donors (Lipinski definition) is 1. The number of benzene rings is 2. The third-order valence-corrected chi connectivity index (χ3v) is 3.62. The van der Waals surface area contributed by atoms with Crippen LogP contribution in [0.25, 0.3) is 5.69 Å². The van der Waals surface area contributed by atoms with Crippen molar-refractivity contribution in [1.29, 1.82) is 0 Å². The number of aromatic amines is 1. The number of carbonyl (C=O) groups is 1. The highest BCUT2D eigenvalue weighted by Crippen LogP contribution is 2.23. The first-order valence-corrected chi connectivity index (χ1v) is 7.58. The molecule has 3 rings (SSSR count). The summed E-state index contributed by atoms with van der Waals surface area (Å²) in [7, 11) is 1.30. The molecule has 0 aliphatic carbocycles. The lowest BCUT2D eigenvalue weighted by Gasteiger charge is -2.01. The fourth-order valence-electron chi connectivity index (χ4n) is 2.36. The third-order valence-electron chi connectivity index (χ3n) is 3.62. The topological polar surface area (TPSA) is 88.8 Å². The molecule has 7 nitrogen and oxygen atoms in total. The zero-order valence-corrected chi connectivity index (χ0v) is 13.8. The van der Waals surface area contributed by atoms with Gasteiger partial charge in [0.15, 0.2) is 5.69 Å². The SMILES string of the molecule is COC(=O)c1ccccc1N=Nc1c(C)[nH]n(-c2ccccc2)c1=O. The van der Waals surface area contributed by atoms with E-state index in [1.54, 1.807) is 31.2 Å². The Balaban J connectivity index is 2.00. The summed E-state index contributed by atoms with van der Waals surface area (Å²) in [4.78, 5) is 24.3. The third kappa shape index (κ3) is 3.25. The molecule has 0 amide bonds. The molecule has 0 atom stereocenters. The summed E-state index contributed by atoms with van der Waals surface area (Å²) in [6, 6.07) is 15.8. The molecule has 7 heteroatoms. The molecule has 0 spiro atoms. The molecule has 0 saturated carbocycles. The molecule has 1 heterocycles. The lowest BCUT2D eigenvalue weighted by Crippen LogP contribution is -2.13. The Morgan fingerprint density at radius 1 is 1.04 bits per heavy atom. The number of para-hydroxylation sites is 1. The maximum Gasteiger partial charge on any atom is 0.340 e. The van der Waals surface area contributed by atoms with Gasteiger partial charge in [-0.05, 0) is 31.2 Å². The first-order chi connectivity index (χ1) is 12.1. The van der Waals surface area contributed by atoms with E-state index in [2.05, 4.69) is 15.3 Å². The molecule has 0 fully saturated rings. The molecule has 2 aromatic carbocycles. The summed E-state index contributed by atoms with van der Waals surface area (Å²) < 4.78 is 6.12. The second kappa shape index (κ2) is 6.96. The maximum atomic E-state index is 12.6. The number of rotatable bonds is 4. The summed E-state index contributed by atoms with van der Waals surface area (Å²) in [5, 5.41) is 11.1. The van der Waals surface area contributed by atoms with E-state index in [-0.39, 0.29) is 16.8 Å². The van der Waals surface area contributed by atoms with Gasteiger partial charge in [-0.2, -0.15) is 0 Å². The molecular formula is C18H16N4O3. The van der Waals surface area contributed by atoms with Crippen LogP contribution in [0.3, 0.4) is 0 Å². The van der Waals surface area contributed by atoms with Gasteiger partial charge in [-0.15, -0.1) is 10.2 Å². The number of methoxy groups -OCH3 is 1. The number of nitrogens with one attached hydrogen (secondary N) is 1. The Morgan fingerprint density at radius 2 is 1.72 bits per heavy atom. The van der Waals surface area contributed by atoms with Gasteiger partial charge >= 0.3 is 5.97 Å². The van der Waals surface area contributed by atoms with Gasteiger partial charge < -0.3 is 4.74 Å². The Labute approximate surface area is 143 Å². The number of H-pyrrole nitrogens is 1. The van der Waals surface area contributed by atoms with E-state index in [0.717, 1.165) is 0 Å². The molecule has 0 aliphatic heterocycles. The Hall–Kier alpha value is -3.48. The van der Waals surface area contributed by atoms with Crippen LogP contribution in [0.5, 0.6) is 0 Å². The molecule has 0 bridgehead atoms. The van der Waals surface area contributed by atoms with E-state index in [1.807, 2.05) is 30.3 Å². The van der Waals surface area contributed by atoms with E-state index < -0.39 is 5.97 Å². The minimum absolute atomic E-state index is 0.184. The molecule has 0 saturated heterocycles. The van der Waals surface area contributed by atoms with Gasteiger partial charge in [-0.25, -0.2) is 9.48 Å². The quantitative estimate of drug-likeness (QED) is 0.582. The minimum Gasteiger partial charge on any atom is -0.465 e. The van der Waals surface area contributed by atoms with Gasteiger partial charge in [0, 0.05) is 0 Å². The first-order valence-electron chi connectivity index (χ1n) is 7.58. The highest BCUT2D eigenvalue weighted by Gasteiger charge is 2.14. The molecule has 3 aromatic rings. The van der Waals surface area contributed by atoms with Crippen LogP contribution in [0, 0.1) is 6.92 Å². The monoisotopic (exact) mass is 336 g/mol. The molecule has 1 aromatic heterocycles. The molecule has 0 aliphatic rings. The van der Waals surface area contributed by atoms with Crippen molar-refractivity contribution in [3.05, 3.63) is 76.2 Å². The zero-order valence-electron chi connectivity index (χ0n) is 13.8. The van der Waals surface area contributed by atoms with Crippen molar-refractivity contribution in [2.24, 2.45) is 10.2 Å². The van der Waals surface area contributed by atoms with Gasteiger partial charge in [0.05, 0.1) is 24.1 Å². The summed E-state index contributed by atoms with van der Waals surface area (Å²) in [6.45, 7) is 1.74. The number of hydrogen-bond acceptors (Lipinski definition) is 5. The average Bonchev–Trinajstić information content (AvgIpc) is 2.94. The van der Waals surface area contributed by atoms with Crippen molar-refractivity contribution in [2.45, 2.75) is 6.92 Å². The smallest absolute Gasteiger partial charge is 0.340 e. The van der Waals surface area contributed by atoms with Gasteiger partial charge in [0.2, 0.25) is 0 Å². The van der Waals surface area contributed by atoms with E-state index in [4.69, 9.17) is 4.74 Å². The van der Waals surface area contributed by atoms with E-state index >= 15 is 0 Å². The van der Waals surface area contributed by atoms with Crippen molar-refractivity contribution < 1.29 is 9.53 Å². The normalized spacial score (nSPS) is 11.0. The molecule has 0 radical (unpaired) electrons. The fraction of sp³-hybridized carbons (Fsp3) is 0.111. The second-order valence-corrected chi connectivity index (χ2v) is 5.27. The van der Waals surface area contributed by atoms with Crippen LogP contribution >= 0.6 is 0 Å². The number of aryl methyl sites for hydroxylation is 1. The van der Waals surface area contributed by atoms with Crippen LogP contribution in [0.15, 0.2) is 69.6 Å². The lowest BCUT2D eigenvalue weighted by atomic mass is 10.2. The van der Waals surface area contributed by atoms with Crippen LogP contribution in [0.4, 0.5) is 11.4 Å². The number of azo groups is 1. The Kier molecular flexibility index (Phi) is 4.56. The van der Waals surface area contributed by atoms with E-state index in [0.29, 0.717) is 17.1 Å². The minimum atomic E-state index is -0.512. The molecule has 1 N–H and O–H groups in total. The average molecular weight is 336 g/mol. The zero-order chi connectivity index (χ0) is 17.8. The molecule has 0 unspecified atom stereocenters. The van der Waals surface area contributed by atoms with Crippen LogP contribution in [-0.4, -0.2) is 22.9 Å². The van der Waals surface area contributed by atoms with Gasteiger partial charge in [0.1, 0.15) is 5.69 Å². The number of nitrogens with zero attached hydrogens (tertiary/aromatic N) is 3. The molecule has 25 heavy (non-hydrogen) atoms. The number of aromatic nitrogens is 2. The Morgan fingerprint density at radius 3 is 2.44 bits per heavy atom. The Bertz CT molecular complexity index is 987. The van der Waals surface area contributed by atoms with Crippen LogP contribution in [0.2, 0.25) is 0 Å². The second-order valence-electron chi connectivity index (χ2n) is 5.27.